The van der Waals surface area contributed by atoms with Gasteiger partial charge in [0.15, 0.2) is 0 Å². The van der Waals surface area contributed by atoms with Gasteiger partial charge in [-0.15, -0.1) is 0 Å². The van der Waals surface area contributed by atoms with Gasteiger partial charge >= 0.3 is 0 Å². The summed E-state index contributed by atoms with van der Waals surface area (Å²) in [7, 11) is 2.02. The minimum absolute atomic E-state index is 1.06. The zero-order valence-electron chi connectivity index (χ0n) is 8.78. The van der Waals surface area contributed by atoms with E-state index in [4.69, 9.17) is 0 Å². The van der Waals surface area contributed by atoms with Crippen LogP contribution in [0.1, 0.15) is 18.1 Å². The Morgan fingerprint density at radius 1 is 1.36 bits per heavy atom. The Kier molecular flexibility index (Phi) is 2.12. The van der Waals surface area contributed by atoms with Crippen molar-refractivity contribution < 1.29 is 0 Å². The third-order valence-corrected chi connectivity index (χ3v) is 2.45. The molecule has 0 unspecified atom stereocenters. The molecule has 0 fully saturated rings. The van der Waals surface area contributed by atoms with Gasteiger partial charge in [-0.05, 0) is 26.0 Å². The van der Waals surface area contributed by atoms with Crippen molar-refractivity contribution in [3.05, 3.63) is 35.4 Å². The van der Waals surface area contributed by atoms with Crippen molar-refractivity contribution in [2.75, 3.05) is 7.05 Å². The fourth-order valence-corrected chi connectivity index (χ4v) is 1.73. The third-order valence-electron chi connectivity index (χ3n) is 2.45. The second kappa shape index (κ2) is 3.29. The van der Waals surface area contributed by atoms with Crippen molar-refractivity contribution in [1.29, 1.82) is 0 Å². The lowest BCUT2D eigenvalue weighted by Gasteiger charge is -2.23. The Bertz CT molecular complexity index is 416. The molecule has 72 valence electrons. The van der Waals surface area contributed by atoms with Crippen molar-refractivity contribution in [2.45, 2.75) is 13.8 Å². The van der Waals surface area contributed by atoms with Crippen LogP contribution < -0.4 is 0 Å². The zero-order valence-corrected chi connectivity index (χ0v) is 8.78. The number of aryl methyl sites for hydroxylation is 1. The third kappa shape index (κ3) is 1.33. The first kappa shape index (κ1) is 9.00. The molecule has 0 aliphatic carbocycles. The Balaban J connectivity index is 2.62. The maximum atomic E-state index is 4.37. The number of rotatable bonds is 0. The molecule has 1 aliphatic rings. The van der Waals surface area contributed by atoms with E-state index in [9.17, 15) is 0 Å². The molecule has 1 aromatic rings. The summed E-state index contributed by atoms with van der Waals surface area (Å²) in [6, 6.07) is 6.34. The maximum Gasteiger partial charge on any atom is 0.0954 e. The number of hydrogen-bond acceptors (Lipinski definition) is 2. The molecule has 0 atom stereocenters. The van der Waals surface area contributed by atoms with Gasteiger partial charge < -0.3 is 4.90 Å². The summed E-state index contributed by atoms with van der Waals surface area (Å²) in [4.78, 5) is 6.42. The van der Waals surface area contributed by atoms with Gasteiger partial charge in [0.25, 0.3) is 0 Å². The van der Waals surface area contributed by atoms with Crippen LogP contribution in [-0.2, 0) is 0 Å². The van der Waals surface area contributed by atoms with E-state index < -0.39 is 0 Å². The number of hydrogen-bond donors (Lipinski definition) is 0. The molecular formula is C12H14N2. The highest BCUT2D eigenvalue weighted by molar-refractivity contribution is 5.87. The molecule has 0 N–H and O–H groups in total. The summed E-state index contributed by atoms with van der Waals surface area (Å²) in [6.45, 7) is 4.16. The molecule has 14 heavy (non-hydrogen) atoms. The topological polar surface area (TPSA) is 15.6 Å². The first-order chi connectivity index (χ1) is 6.72. The first-order valence-corrected chi connectivity index (χ1v) is 4.76. The predicted octanol–water partition coefficient (Wildman–Crippen LogP) is 2.96. The molecule has 0 bridgehead atoms. The van der Waals surface area contributed by atoms with Gasteiger partial charge in [0.2, 0.25) is 0 Å². The van der Waals surface area contributed by atoms with E-state index in [1.807, 2.05) is 18.3 Å². The number of fused-ring (bicyclic) bond motifs is 1. The molecule has 0 radical (unpaired) electrons. The van der Waals surface area contributed by atoms with Crippen LogP contribution in [0.3, 0.4) is 0 Å². The number of benzene rings is 1. The second-order valence-corrected chi connectivity index (χ2v) is 3.55. The van der Waals surface area contributed by atoms with Gasteiger partial charge in [0, 0.05) is 18.3 Å². The molecule has 2 rings (SSSR count). The monoisotopic (exact) mass is 186 g/mol. The Labute approximate surface area is 84.6 Å². The number of nitrogens with zero attached hydrogens (tertiary/aromatic N) is 2. The lowest BCUT2D eigenvalue weighted by Crippen LogP contribution is -2.17. The fraction of sp³-hybridized carbons (Fsp3) is 0.250. The Morgan fingerprint density at radius 3 is 2.86 bits per heavy atom. The summed E-state index contributed by atoms with van der Waals surface area (Å²) >= 11 is 0. The van der Waals surface area contributed by atoms with E-state index in [0.29, 0.717) is 0 Å². The Morgan fingerprint density at radius 2 is 2.14 bits per heavy atom. The molecule has 2 heteroatoms. The van der Waals surface area contributed by atoms with Gasteiger partial charge in [0.1, 0.15) is 0 Å². The average Bonchev–Trinajstić information content (AvgIpc) is 2.17. The molecule has 0 aromatic heterocycles. The van der Waals surface area contributed by atoms with Crippen molar-refractivity contribution in [3.63, 3.8) is 0 Å². The largest absolute Gasteiger partial charge is 0.335 e. The van der Waals surface area contributed by atoms with Gasteiger partial charge in [-0.1, -0.05) is 17.7 Å². The molecule has 0 saturated heterocycles. The normalized spacial score (nSPS) is 17.4. The first-order valence-electron chi connectivity index (χ1n) is 4.76. The van der Waals surface area contributed by atoms with Crippen molar-refractivity contribution in [2.24, 2.45) is 4.99 Å². The van der Waals surface area contributed by atoms with Crippen LogP contribution in [0.25, 0.3) is 5.70 Å². The van der Waals surface area contributed by atoms with Crippen LogP contribution in [-0.4, -0.2) is 18.3 Å². The van der Waals surface area contributed by atoms with Crippen LogP contribution >= 0.6 is 0 Å². The van der Waals surface area contributed by atoms with Crippen LogP contribution in [0, 0.1) is 6.92 Å². The highest BCUT2D eigenvalue weighted by Gasteiger charge is 2.13. The number of aliphatic imine (C=N–C) groups is 1. The van der Waals surface area contributed by atoms with Gasteiger partial charge in [-0.3, -0.25) is 0 Å². The van der Waals surface area contributed by atoms with Crippen molar-refractivity contribution >= 4 is 17.7 Å². The molecule has 1 aliphatic heterocycles. The van der Waals surface area contributed by atoms with E-state index in [1.165, 1.54) is 16.8 Å². The highest BCUT2D eigenvalue weighted by atomic mass is 15.2. The maximum absolute atomic E-state index is 4.37. The highest BCUT2D eigenvalue weighted by Crippen LogP contribution is 2.31. The van der Waals surface area contributed by atoms with Crippen molar-refractivity contribution in [3.8, 4) is 0 Å². The van der Waals surface area contributed by atoms with Crippen LogP contribution in [0.5, 0.6) is 0 Å². The standard InChI is InChI=1S/C12H14N2/c1-4-12-10-7-9(2)5-6-11(10)13-8-14(12)3/h4-8H,1-3H3. The lowest BCUT2D eigenvalue weighted by molar-refractivity contribution is 0.732. The van der Waals surface area contributed by atoms with Crippen LogP contribution in [0.15, 0.2) is 29.3 Å². The second-order valence-electron chi connectivity index (χ2n) is 3.55. The molecular weight excluding hydrogens is 172 g/mol. The summed E-state index contributed by atoms with van der Waals surface area (Å²) in [5, 5.41) is 0. The van der Waals surface area contributed by atoms with E-state index in [0.717, 1.165) is 5.69 Å². The Hall–Kier alpha value is -1.57. The average molecular weight is 186 g/mol. The van der Waals surface area contributed by atoms with E-state index >= 15 is 0 Å². The molecule has 2 nitrogen and oxygen atoms in total. The van der Waals surface area contributed by atoms with Gasteiger partial charge in [0.05, 0.1) is 12.0 Å². The van der Waals surface area contributed by atoms with E-state index in [-0.39, 0.29) is 0 Å². The van der Waals surface area contributed by atoms with Gasteiger partial charge in [-0.2, -0.15) is 0 Å². The molecule has 1 aromatic carbocycles. The summed E-state index contributed by atoms with van der Waals surface area (Å²) in [5.41, 5.74) is 4.77. The lowest BCUT2D eigenvalue weighted by atomic mass is 10.0. The van der Waals surface area contributed by atoms with E-state index in [2.05, 4.69) is 43.1 Å². The van der Waals surface area contributed by atoms with Crippen molar-refractivity contribution in [1.82, 2.24) is 4.90 Å². The van der Waals surface area contributed by atoms with Crippen LogP contribution in [0.2, 0.25) is 0 Å². The molecule has 0 amide bonds. The van der Waals surface area contributed by atoms with Gasteiger partial charge in [-0.25, -0.2) is 4.99 Å². The smallest absolute Gasteiger partial charge is 0.0954 e. The van der Waals surface area contributed by atoms with E-state index in [1.54, 1.807) is 0 Å². The summed E-state index contributed by atoms with van der Waals surface area (Å²) in [6.07, 6.45) is 3.97. The minimum atomic E-state index is 1.06. The molecule has 0 spiro atoms. The zero-order chi connectivity index (χ0) is 10.1. The molecule has 0 saturated carbocycles. The minimum Gasteiger partial charge on any atom is -0.335 e. The summed E-state index contributed by atoms with van der Waals surface area (Å²) in [5.74, 6) is 0. The number of allylic oxidation sites excluding steroid dienone is 1. The van der Waals surface area contributed by atoms with Crippen LogP contribution in [0.4, 0.5) is 5.69 Å². The SMILES string of the molecule is CC=C1c2cc(C)ccc2N=CN1C. The quantitative estimate of drug-likeness (QED) is 0.608. The predicted molar refractivity (Wildman–Crippen MR) is 60.7 cm³/mol. The molecule has 1 heterocycles. The summed E-state index contributed by atoms with van der Waals surface area (Å²) < 4.78 is 0. The fourth-order valence-electron chi connectivity index (χ4n) is 1.73.